The van der Waals surface area contributed by atoms with E-state index in [1.807, 2.05) is 13.8 Å². The second-order valence-electron chi connectivity index (χ2n) is 8.09. The van der Waals surface area contributed by atoms with Crippen molar-refractivity contribution in [2.24, 2.45) is 5.92 Å². The number of amides is 2. The molecule has 0 aliphatic carbocycles. The molecule has 2 amide bonds. The average molecular weight is 401 g/mol. The Labute approximate surface area is 170 Å². The van der Waals surface area contributed by atoms with E-state index in [1.54, 1.807) is 24.3 Å². The summed E-state index contributed by atoms with van der Waals surface area (Å²) in [6.45, 7) is 7.35. The van der Waals surface area contributed by atoms with Crippen molar-refractivity contribution in [1.82, 2.24) is 20.6 Å². The third-order valence-electron chi connectivity index (χ3n) is 5.20. The van der Waals surface area contributed by atoms with Gasteiger partial charge in [-0.05, 0) is 31.2 Å². The minimum absolute atomic E-state index is 0.128. The molecule has 2 heterocycles. The lowest BCUT2D eigenvalue weighted by molar-refractivity contribution is -0.904. The van der Waals surface area contributed by atoms with Gasteiger partial charge in [-0.3, -0.25) is 25.2 Å². The Bertz CT molecular complexity index is 932. The van der Waals surface area contributed by atoms with Crippen LogP contribution in [0.2, 0.25) is 0 Å². The quantitative estimate of drug-likeness (QED) is 0.607. The molecule has 1 aromatic carbocycles. The number of fused-ring (bicyclic) bond motifs is 1. The van der Waals surface area contributed by atoms with Gasteiger partial charge in [0, 0.05) is 11.9 Å². The summed E-state index contributed by atoms with van der Waals surface area (Å²) in [6, 6.07) is 6.90. The highest BCUT2D eigenvalue weighted by atomic mass is 16.2. The summed E-state index contributed by atoms with van der Waals surface area (Å²) in [4.78, 5) is 38.9. The fourth-order valence-corrected chi connectivity index (χ4v) is 3.71. The summed E-state index contributed by atoms with van der Waals surface area (Å²) < 4.78 is 1.32. The minimum atomic E-state index is -0.530. The Morgan fingerprint density at radius 1 is 1.10 bits per heavy atom. The third-order valence-corrected chi connectivity index (χ3v) is 5.20. The van der Waals surface area contributed by atoms with E-state index in [4.69, 9.17) is 0 Å². The number of quaternary nitrogens is 1. The van der Waals surface area contributed by atoms with Crippen molar-refractivity contribution in [1.29, 1.82) is 0 Å². The molecule has 0 spiro atoms. The topological polar surface area (TPSA) is 97.5 Å². The lowest BCUT2D eigenvalue weighted by Crippen LogP contribution is -3.12. The van der Waals surface area contributed by atoms with Crippen LogP contribution in [-0.4, -0.2) is 41.2 Å². The van der Waals surface area contributed by atoms with Crippen LogP contribution in [0.3, 0.4) is 0 Å². The summed E-state index contributed by atoms with van der Waals surface area (Å²) in [5, 5.41) is 5.19. The number of nitrogens with zero attached hydrogens (tertiary/aromatic N) is 2. The van der Waals surface area contributed by atoms with Gasteiger partial charge in [0.1, 0.15) is 0 Å². The van der Waals surface area contributed by atoms with Crippen molar-refractivity contribution in [3.63, 3.8) is 0 Å². The van der Waals surface area contributed by atoms with Gasteiger partial charge in [-0.15, -0.1) is 0 Å². The highest BCUT2D eigenvalue weighted by molar-refractivity contribution is 6.05. The van der Waals surface area contributed by atoms with Gasteiger partial charge in [0.25, 0.3) is 11.5 Å². The Hall–Kier alpha value is -2.74. The molecule has 3 N–H and O–H groups in total. The molecule has 1 aromatic heterocycles. The first-order valence-electron chi connectivity index (χ1n) is 10.4. The van der Waals surface area contributed by atoms with E-state index in [2.05, 4.69) is 16.0 Å². The van der Waals surface area contributed by atoms with Crippen LogP contribution in [0.4, 0.5) is 0 Å². The number of benzene rings is 1. The molecule has 1 saturated heterocycles. The maximum atomic E-state index is 12.7. The number of carbonyl (C=O) groups is 2. The van der Waals surface area contributed by atoms with Crippen LogP contribution >= 0.6 is 0 Å². The molecule has 0 radical (unpaired) electrons. The van der Waals surface area contributed by atoms with Crippen LogP contribution in [0.5, 0.6) is 0 Å². The number of hydrogen-bond acceptors (Lipinski definition) is 4. The van der Waals surface area contributed by atoms with Crippen molar-refractivity contribution in [2.75, 3.05) is 19.6 Å². The second-order valence-corrected chi connectivity index (χ2v) is 8.09. The van der Waals surface area contributed by atoms with E-state index in [1.165, 1.54) is 28.8 Å². The van der Waals surface area contributed by atoms with Crippen molar-refractivity contribution >= 4 is 22.6 Å². The molecule has 2 aromatic rings. The maximum Gasteiger partial charge on any atom is 0.290 e. The number of nitrogens with one attached hydrogen (secondary N) is 3. The first kappa shape index (κ1) is 21.0. The van der Waals surface area contributed by atoms with Crippen molar-refractivity contribution < 1.29 is 14.5 Å². The number of carbonyl (C=O) groups excluding carboxylic acids is 2. The van der Waals surface area contributed by atoms with E-state index in [-0.39, 0.29) is 23.1 Å². The van der Waals surface area contributed by atoms with Crippen LogP contribution < -0.4 is 21.3 Å². The Balaban J connectivity index is 1.68. The highest BCUT2D eigenvalue weighted by Crippen LogP contribution is 2.13. The molecular weight excluding hydrogens is 370 g/mol. The zero-order valence-electron chi connectivity index (χ0n) is 17.2. The van der Waals surface area contributed by atoms with Gasteiger partial charge in [-0.1, -0.05) is 32.0 Å². The highest BCUT2D eigenvalue weighted by Gasteiger charge is 2.19. The Kier molecular flexibility index (Phi) is 6.98. The molecule has 8 heteroatoms. The van der Waals surface area contributed by atoms with Crippen LogP contribution in [0.15, 0.2) is 29.1 Å². The predicted molar refractivity (Wildman–Crippen MR) is 110 cm³/mol. The average Bonchev–Trinajstić information content (AvgIpc) is 2.73. The Morgan fingerprint density at radius 2 is 1.79 bits per heavy atom. The maximum absolute atomic E-state index is 12.7. The number of aromatic nitrogens is 2. The van der Waals surface area contributed by atoms with Gasteiger partial charge in [0.2, 0.25) is 5.91 Å². The van der Waals surface area contributed by atoms with Gasteiger partial charge in [0.15, 0.2) is 5.69 Å². The van der Waals surface area contributed by atoms with E-state index < -0.39 is 5.91 Å². The zero-order chi connectivity index (χ0) is 20.8. The predicted octanol–water partition coefficient (Wildman–Crippen LogP) is 0.272. The summed E-state index contributed by atoms with van der Waals surface area (Å²) in [5.74, 6) is -0.553. The monoisotopic (exact) mass is 400 g/mol. The summed E-state index contributed by atoms with van der Waals surface area (Å²) in [5.41, 5.74) is 4.84. The first-order valence-corrected chi connectivity index (χ1v) is 10.4. The summed E-state index contributed by atoms with van der Waals surface area (Å²) in [6.07, 6.45) is 4.04. The number of hydrazine groups is 1. The smallest absolute Gasteiger partial charge is 0.290 e. The van der Waals surface area contributed by atoms with Crippen LogP contribution in [0.1, 0.15) is 50.0 Å². The molecule has 0 saturated carbocycles. The summed E-state index contributed by atoms with van der Waals surface area (Å²) >= 11 is 0. The van der Waals surface area contributed by atoms with Crippen LogP contribution in [0, 0.1) is 5.92 Å². The van der Waals surface area contributed by atoms with Crippen LogP contribution in [0.25, 0.3) is 10.8 Å². The van der Waals surface area contributed by atoms with E-state index in [9.17, 15) is 14.4 Å². The Morgan fingerprint density at radius 3 is 2.48 bits per heavy atom. The van der Waals surface area contributed by atoms with Crippen LogP contribution in [-0.2, 0) is 11.3 Å². The molecule has 1 aliphatic heterocycles. The molecule has 0 atom stereocenters. The molecule has 29 heavy (non-hydrogen) atoms. The standard InChI is InChI=1S/C21H29N5O3/c1-15(2)14-26-21(29)17-9-5-4-8-16(17)19(24-26)20(28)23-22-18(27)10-13-25-11-6-3-7-12-25/h4-5,8-9,15H,3,6-7,10-14H2,1-2H3,(H,22,27)(H,23,28)/p+1. The molecule has 156 valence electrons. The van der Waals surface area contributed by atoms with Crippen molar-refractivity contribution in [3.05, 3.63) is 40.3 Å². The number of rotatable bonds is 6. The summed E-state index contributed by atoms with van der Waals surface area (Å²) in [7, 11) is 0. The van der Waals surface area contributed by atoms with Gasteiger partial charge in [-0.2, -0.15) is 5.10 Å². The second kappa shape index (κ2) is 9.65. The minimum Gasteiger partial charge on any atom is -0.335 e. The van der Waals surface area contributed by atoms with Gasteiger partial charge in [0.05, 0.1) is 31.4 Å². The molecule has 8 nitrogen and oxygen atoms in total. The van der Waals surface area contributed by atoms with E-state index in [0.29, 0.717) is 23.7 Å². The third kappa shape index (κ3) is 5.41. The molecule has 1 fully saturated rings. The SMILES string of the molecule is CC(C)Cn1nc(C(=O)NNC(=O)CC[NH+]2CCCCC2)c2ccccc2c1=O. The lowest BCUT2D eigenvalue weighted by atomic mass is 10.1. The fraction of sp³-hybridized carbons (Fsp3) is 0.524. The zero-order valence-corrected chi connectivity index (χ0v) is 17.2. The van der Waals surface area contributed by atoms with Gasteiger partial charge < -0.3 is 4.90 Å². The fourth-order valence-electron chi connectivity index (χ4n) is 3.71. The normalized spacial score (nSPS) is 14.9. The molecule has 1 aliphatic rings. The lowest BCUT2D eigenvalue weighted by Gasteiger charge is -2.23. The molecule has 3 rings (SSSR count). The molecule has 0 bridgehead atoms. The van der Waals surface area contributed by atoms with Gasteiger partial charge >= 0.3 is 0 Å². The largest absolute Gasteiger partial charge is 0.335 e. The van der Waals surface area contributed by atoms with E-state index in [0.717, 1.165) is 19.6 Å². The van der Waals surface area contributed by atoms with Crippen molar-refractivity contribution in [3.8, 4) is 0 Å². The first-order chi connectivity index (χ1) is 14.0. The van der Waals surface area contributed by atoms with E-state index >= 15 is 0 Å². The molecule has 0 unspecified atom stereocenters. The number of piperidine rings is 1. The number of hydrogen-bond donors (Lipinski definition) is 3. The molecular formula is C21H30N5O3+. The number of likely N-dealkylation sites (tertiary alicyclic amines) is 1. The van der Waals surface area contributed by atoms with Crippen molar-refractivity contribution in [2.45, 2.75) is 46.1 Å². The van der Waals surface area contributed by atoms with Gasteiger partial charge in [-0.25, -0.2) is 4.68 Å².